The molecule has 2 amide bonds. The van der Waals surface area contributed by atoms with Gasteiger partial charge in [0.15, 0.2) is 17.2 Å². The first-order valence-electron chi connectivity index (χ1n) is 18.3. The van der Waals surface area contributed by atoms with Crippen molar-refractivity contribution >= 4 is 45.9 Å². The number of nitrogens with two attached hydrogens (primary N) is 1. The number of amides is 2. The maximum Gasteiger partial charge on any atom is 0.311 e. The van der Waals surface area contributed by atoms with Crippen molar-refractivity contribution in [3.05, 3.63) is 115 Å². The van der Waals surface area contributed by atoms with E-state index in [1.807, 2.05) is 23.1 Å². The van der Waals surface area contributed by atoms with E-state index in [0.29, 0.717) is 43.7 Å². The molecular weight excluding hydrogens is 810 g/mol. The minimum Gasteiger partial charge on any atom is -0.502 e. The molecule has 22 heteroatoms. The van der Waals surface area contributed by atoms with Crippen LogP contribution in [0.15, 0.2) is 72.8 Å². The molecule has 2 fully saturated rings. The SMILES string of the molecule is COc1cc(F)ccc1[N+](=O)[O-].COc1cc(N2CCN(C(C)=O)CC2)ccc1N.COc1cc(N2CCN(C(C)=O)CC2)ccc1[N+](=O)[O-].O=[N+]([O-])c1ccc(F)cc1O. The second kappa shape index (κ2) is 22.6. The van der Waals surface area contributed by atoms with Crippen molar-refractivity contribution in [1.29, 1.82) is 0 Å². The van der Waals surface area contributed by atoms with E-state index in [1.165, 1.54) is 20.3 Å². The molecule has 2 heterocycles. The fraction of sp³-hybridized carbons (Fsp3) is 0.333. The van der Waals surface area contributed by atoms with E-state index in [2.05, 4.69) is 14.5 Å². The number of phenolic OH excluding ortho intramolecular Hbond substituents is 1. The number of benzene rings is 4. The van der Waals surface area contributed by atoms with E-state index >= 15 is 0 Å². The maximum absolute atomic E-state index is 12.5. The predicted octanol–water partition coefficient (Wildman–Crippen LogP) is 5.40. The zero-order valence-electron chi connectivity index (χ0n) is 34.0. The fourth-order valence-corrected chi connectivity index (χ4v) is 5.92. The number of piperazine rings is 2. The summed E-state index contributed by atoms with van der Waals surface area (Å²) in [6, 6.07) is 16.2. The van der Waals surface area contributed by atoms with Gasteiger partial charge in [-0.1, -0.05) is 0 Å². The molecule has 0 spiro atoms. The van der Waals surface area contributed by atoms with Crippen molar-refractivity contribution in [2.24, 2.45) is 0 Å². The summed E-state index contributed by atoms with van der Waals surface area (Å²) in [6.07, 6.45) is 0. The summed E-state index contributed by atoms with van der Waals surface area (Å²) in [5.74, 6) is -0.820. The molecule has 20 nitrogen and oxygen atoms in total. The van der Waals surface area contributed by atoms with Crippen molar-refractivity contribution in [3.8, 4) is 23.0 Å². The van der Waals surface area contributed by atoms with Crippen LogP contribution in [0.1, 0.15) is 13.8 Å². The Kier molecular flexibility index (Phi) is 17.7. The molecule has 61 heavy (non-hydrogen) atoms. The van der Waals surface area contributed by atoms with Gasteiger partial charge in [0.1, 0.15) is 17.4 Å². The van der Waals surface area contributed by atoms with Crippen LogP contribution in [0.25, 0.3) is 0 Å². The highest BCUT2D eigenvalue weighted by atomic mass is 19.1. The van der Waals surface area contributed by atoms with Gasteiger partial charge in [-0.25, -0.2) is 8.78 Å². The summed E-state index contributed by atoms with van der Waals surface area (Å²) < 4.78 is 39.6. The van der Waals surface area contributed by atoms with E-state index in [0.717, 1.165) is 67.9 Å². The van der Waals surface area contributed by atoms with Gasteiger partial charge in [-0.2, -0.15) is 0 Å². The minimum absolute atomic E-state index is 0.0429. The number of anilines is 3. The van der Waals surface area contributed by atoms with E-state index in [9.17, 15) is 48.7 Å². The van der Waals surface area contributed by atoms with Gasteiger partial charge in [-0.3, -0.25) is 39.9 Å². The molecule has 0 saturated carbocycles. The molecule has 2 aliphatic heterocycles. The Balaban J connectivity index is 0.000000223. The summed E-state index contributed by atoms with van der Waals surface area (Å²) in [5.41, 5.74) is 7.62. The van der Waals surface area contributed by atoms with Crippen LogP contribution in [0, 0.1) is 42.0 Å². The number of rotatable bonds is 8. The average Bonchev–Trinajstić information content (AvgIpc) is 3.24. The second-order valence-electron chi connectivity index (χ2n) is 13.0. The number of carbonyl (C=O) groups is 2. The number of phenols is 1. The van der Waals surface area contributed by atoms with Crippen LogP contribution < -0.4 is 29.7 Å². The van der Waals surface area contributed by atoms with Crippen LogP contribution >= 0.6 is 0 Å². The smallest absolute Gasteiger partial charge is 0.311 e. The lowest BCUT2D eigenvalue weighted by Crippen LogP contribution is -2.48. The van der Waals surface area contributed by atoms with E-state index in [4.69, 9.17) is 20.3 Å². The number of nitro groups is 3. The third-order valence-corrected chi connectivity index (χ3v) is 9.23. The Hall–Kier alpha value is -7.52. The number of halogens is 2. The first kappa shape index (κ1) is 47.9. The fourth-order valence-electron chi connectivity index (χ4n) is 5.92. The lowest BCUT2D eigenvalue weighted by molar-refractivity contribution is -0.386. The number of hydrogen-bond acceptors (Lipinski definition) is 15. The molecule has 0 aromatic heterocycles. The van der Waals surface area contributed by atoms with Crippen LogP contribution in [0.4, 0.5) is 42.9 Å². The number of nitro benzene ring substituents is 3. The van der Waals surface area contributed by atoms with Gasteiger partial charge in [-0.15, -0.1) is 0 Å². The molecule has 2 aliphatic rings. The molecule has 328 valence electrons. The highest BCUT2D eigenvalue weighted by molar-refractivity contribution is 5.74. The van der Waals surface area contributed by atoms with Crippen molar-refractivity contribution in [2.45, 2.75) is 13.8 Å². The Morgan fingerprint density at radius 1 is 0.574 bits per heavy atom. The van der Waals surface area contributed by atoms with Gasteiger partial charge in [0, 0.05) is 120 Å². The van der Waals surface area contributed by atoms with Crippen LogP contribution in [0.5, 0.6) is 23.0 Å². The highest BCUT2D eigenvalue weighted by Crippen LogP contribution is 2.32. The van der Waals surface area contributed by atoms with Gasteiger partial charge >= 0.3 is 17.1 Å². The van der Waals surface area contributed by atoms with Crippen molar-refractivity contribution in [3.63, 3.8) is 0 Å². The first-order valence-corrected chi connectivity index (χ1v) is 18.3. The monoisotopic (exact) mass is 856 g/mol. The number of nitrogens with zero attached hydrogens (tertiary/aromatic N) is 7. The Bertz CT molecular complexity index is 2180. The number of hydrogen-bond donors (Lipinski definition) is 2. The third-order valence-electron chi connectivity index (χ3n) is 9.23. The Labute approximate surface area is 348 Å². The largest absolute Gasteiger partial charge is 0.502 e. The summed E-state index contributed by atoms with van der Waals surface area (Å²) in [5, 5.41) is 40.0. The number of nitrogen functional groups attached to an aromatic ring is 1. The molecule has 2 saturated heterocycles. The van der Waals surface area contributed by atoms with Crippen molar-refractivity contribution in [2.75, 3.05) is 89.2 Å². The van der Waals surface area contributed by atoms with Crippen LogP contribution in [-0.2, 0) is 9.59 Å². The molecule has 0 unspecified atom stereocenters. The van der Waals surface area contributed by atoms with E-state index < -0.39 is 37.8 Å². The van der Waals surface area contributed by atoms with Crippen molar-refractivity contribution < 1.29 is 52.5 Å². The Morgan fingerprint density at radius 3 is 1.33 bits per heavy atom. The van der Waals surface area contributed by atoms with Gasteiger partial charge in [0.2, 0.25) is 11.8 Å². The zero-order chi connectivity index (χ0) is 45.4. The summed E-state index contributed by atoms with van der Waals surface area (Å²) in [7, 11) is 4.28. The van der Waals surface area contributed by atoms with E-state index in [-0.39, 0.29) is 34.7 Å². The number of aromatic hydroxyl groups is 1. The van der Waals surface area contributed by atoms with Gasteiger partial charge in [0.25, 0.3) is 0 Å². The molecule has 0 bridgehead atoms. The Morgan fingerprint density at radius 2 is 0.934 bits per heavy atom. The summed E-state index contributed by atoms with van der Waals surface area (Å²) in [6.45, 7) is 9.13. The zero-order valence-corrected chi connectivity index (χ0v) is 34.0. The molecule has 0 radical (unpaired) electrons. The lowest BCUT2D eigenvalue weighted by Gasteiger charge is -2.35. The normalized spacial score (nSPS) is 13.2. The molecule has 4 aromatic carbocycles. The highest BCUT2D eigenvalue weighted by Gasteiger charge is 2.23. The molecular formula is C39H46F2N8O12. The number of ether oxygens (including phenoxy) is 3. The quantitative estimate of drug-likeness (QED) is 0.128. The van der Waals surface area contributed by atoms with Gasteiger partial charge < -0.3 is 44.7 Å². The summed E-state index contributed by atoms with van der Waals surface area (Å²) in [4.78, 5) is 59.8. The van der Waals surface area contributed by atoms with Gasteiger partial charge in [-0.05, 0) is 30.3 Å². The van der Waals surface area contributed by atoms with Crippen LogP contribution in [0.2, 0.25) is 0 Å². The molecule has 3 N–H and O–H groups in total. The first-order chi connectivity index (χ1) is 28.9. The third kappa shape index (κ3) is 13.8. The standard InChI is InChI=1S/C13H17N3O4.C13H19N3O2.C7H6FNO3.C6H4FNO3/c1-10(17)14-5-7-15(8-6-14)11-3-4-12(16(18)19)13(9-11)20-2;1-10(17)15-5-7-16(8-6-15)11-3-4-12(14)13(9-11)18-2;1-12-7-4-5(8)2-3-6(7)9(10)11;7-4-1-2-5(8(10)11)6(9)3-4/h3-4,9H,5-8H2,1-2H3;3-4,9H,5-8,14H2,1-2H3;2-4H,1H3;1-3,9H. The summed E-state index contributed by atoms with van der Waals surface area (Å²) >= 11 is 0. The number of methoxy groups -OCH3 is 3. The van der Waals surface area contributed by atoms with Crippen LogP contribution in [-0.4, -0.2) is 115 Å². The average molecular weight is 857 g/mol. The molecule has 0 atom stereocenters. The van der Waals surface area contributed by atoms with Crippen molar-refractivity contribution in [1.82, 2.24) is 9.80 Å². The lowest BCUT2D eigenvalue weighted by atomic mass is 10.2. The maximum atomic E-state index is 12.5. The molecule has 6 rings (SSSR count). The van der Waals surface area contributed by atoms with Gasteiger partial charge in [0.05, 0.1) is 41.8 Å². The topological polar surface area (TPSA) is 250 Å². The van der Waals surface area contributed by atoms with Crippen LogP contribution in [0.3, 0.4) is 0 Å². The van der Waals surface area contributed by atoms with E-state index in [1.54, 1.807) is 38.0 Å². The molecule has 0 aliphatic carbocycles. The predicted molar refractivity (Wildman–Crippen MR) is 220 cm³/mol. The molecule has 4 aromatic rings. The minimum atomic E-state index is -0.783. The second-order valence-corrected chi connectivity index (χ2v) is 13.0. The number of carbonyl (C=O) groups excluding carboxylic acids is 2.